The molecular formula is C23H27F2NO3. The van der Waals surface area contributed by atoms with Crippen LogP contribution in [-0.4, -0.2) is 24.7 Å². The average Bonchev–Trinajstić information content (AvgIpc) is 3.08. The third-order valence-corrected chi connectivity index (χ3v) is 6.36. The Hall–Kier alpha value is -2.37. The highest BCUT2D eigenvalue weighted by molar-refractivity contribution is 5.85. The molecule has 6 heteroatoms. The second-order valence-corrected chi connectivity index (χ2v) is 8.46. The summed E-state index contributed by atoms with van der Waals surface area (Å²) in [6.07, 6.45) is 1.84. The lowest BCUT2D eigenvalue weighted by Gasteiger charge is -2.33. The number of ether oxygens (including phenoxy) is 2. The van der Waals surface area contributed by atoms with E-state index in [-0.39, 0.29) is 12.5 Å². The van der Waals surface area contributed by atoms with Crippen LogP contribution in [0.2, 0.25) is 0 Å². The van der Waals surface area contributed by atoms with Crippen molar-refractivity contribution >= 4 is 16.9 Å². The summed E-state index contributed by atoms with van der Waals surface area (Å²) < 4.78 is 38.9. The number of carbonyl (C=O) groups is 1. The Morgan fingerprint density at radius 3 is 2.48 bits per heavy atom. The van der Waals surface area contributed by atoms with Crippen molar-refractivity contribution < 1.29 is 23.0 Å². The molecule has 4 rings (SSSR count). The van der Waals surface area contributed by atoms with E-state index in [1.807, 2.05) is 43.3 Å². The van der Waals surface area contributed by atoms with Crippen molar-refractivity contribution in [1.29, 1.82) is 0 Å². The fourth-order valence-corrected chi connectivity index (χ4v) is 4.39. The minimum atomic E-state index is -2.56. The molecule has 1 amide bonds. The quantitative estimate of drug-likeness (QED) is 0.689. The first-order chi connectivity index (χ1) is 13.8. The topological polar surface area (TPSA) is 47.6 Å². The highest BCUT2D eigenvalue weighted by atomic mass is 19.3. The number of rotatable bonds is 5. The van der Waals surface area contributed by atoms with Gasteiger partial charge in [0.15, 0.2) is 0 Å². The van der Waals surface area contributed by atoms with Gasteiger partial charge in [-0.3, -0.25) is 0 Å². The number of amides is 1. The molecule has 1 saturated carbocycles. The van der Waals surface area contributed by atoms with E-state index in [1.54, 1.807) is 6.92 Å². The van der Waals surface area contributed by atoms with E-state index in [0.717, 1.165) is 22.1 Å². The van der Waals surface area contributed by atoms with Crippen LogP contribution in [0.1, 0.15) is 51.5 Å². The number of nitrogens with one attached hydrogen (secondary N) is 1. The van der Waals surface area contributed by atoms with Crippen LogP contribution in [0.15, 0.2) is 36.4 Å². The van der Waals surface area contributed by atoms with Gasteiger partial charge in [0, 0.05) is 12.3 Å². The van der Waals surface area contributed by atoms with E-state index in [2.05, 4.69) is 5.32 Å². The summed E-state index contributed by atoms with van der Waals surface area (Å²) in [6.45, 7) is 3.80. The maximum absolute atomic E-state index is 13.9. The molecule has 0 radical (unpaired) electrons. The molecule has 0 unspecified atom stereocenters. The molecule has 2 aromatic rings. The number of cyclic esters (lactones) is 1. The van der Waals surface area contributed by atoms with Crippen LogP contribution in [0.5, 0.6) is 5.75 Å². The van der Waals surface area contributed by atoms with Gasteiger partial charge in [-0.25, -0.2) is 13.6 Å². The zero-order valence-corrected chi connectivity index (χ0v) is 16.8. The van der Waals surface area contributed by atoms with Gasteiger partial charge >= 0.3 is 6.09 Å². The van der Waals surface area contributed by atoms with E-state index in [4.69, 9.17) is 9.47 Å². The Morgan fingerprint density at radius 2 is 1.83 bits per heavy atom. The van der Waals surface area contributed by atoms with E-state index in [9.17, 15) is 13.6 Å². The molecule has 1 atom stereocenters. The van der Waals surface area contributed by atoms with E-state index in [0.29, 0.717) is 32.3 Å². The van der Waals surface area contributed by atoms with Gasteiger partial charge in [0.25, 0.3) is 5.92 Å². The standard InChI is InChI=1S/C23H27F2NO3/c1-3-23(24,25)17-7-10-19(11-8-17)29-20-9-5-15-12-18(6-4-16(15)13-20)22(2)14-28-21(27)26-22/h4-6,9,12-13,17,19H,3,7-8,10-11,14H2,1-2H3,(H,26,27)/t17?,19?,22-/m0/s1. The Labute approximate surface area is 169 Å². The zero-order valence-electron chi connectivity index (χ0n) is 16.8. The van der Waals surface area contributed by atoms with Crippen molar-refractivity contribution in [2.45, 2.75) is 63.5 Å². The minimum Gasteiger partial charge on any atom is -0.490 e. The lowest BCUT2D eigenvalue weighted by Crippen LogP contribution is -2.37. The Kier molecular flexibility index (Phi) is 5.13. The van der Waals surface area contributed by atoms with Crippen LogP contribution in [0.4, 0.5) is 13.6 Å². The number of halogens is 2. The first-order valence-electron chi connectivity index (χ1n) is 10.3. The molecule has 1 heterocycles. The monoisotopic (exact) mass is 403 g/mol. The summed E-state index contributed by atoms with van der Waals surface area (Å²) in [6, 6.07) is 11.9. The average molecular weight is 403 g/mol. The number of hydrogen-bond acceptors (Lipinski definition) is 3. The normalized spacial score (nSPS) is 27.5. The predicted molar refractivity (Wildman–Crippen MR) is 107 cm³/mol. The molecule has 1 aliphatic carbocycles. The van der Waals surface area contributed by atoms with E-state index < -0.39 is 23.5 Å². The van der Waals surface area contributed by atoms with Crippen molar-refractivity contribution in [2.75, 3.05) is 6.61 Å². The van der Waals surface area contributed by atoms with Crippen molar-refractivity contribution in [1.82, 2.24) is 5.32 Å². The Morgan fingerprint density at radius 1 is 1.14 bits per heavy atom. The van der Waals surface area contributed by atoms with E-state index >= 15 is 0 Å². The molecule has 0 spiro atoms. The molecule has 1 N–H and O–H groups in total. The lowest BCUT2D eigenvalue weighted by atomic mass is 9.82. The van der Waals surface area contributed by atoms with Gasteiger partial charge in [-0.15, -0.1) is 0 Å². The second kappa shape index (κ2) is 7.47. The molecule has 2 fully saturated rings. The van der Waals surface area contributed by atoms with Gasteiger partial charge in [0.1, 0.15) is 12.4 Å². The molecule has 2 aliphatic rings. The highest BCUT2D eigenvalue weighted by Crippen LogP contribution is 2.39. The zero-order chi connectivity index (χ0) is 20.6. The van der Waals surface area contributed by atoms with Crippen molar-refractivity contribution in [3.63, 3.8) is 0 Å². The van der Waals surface area contributed by atoms with E-state index in [1.165, 1.54) is 0 Å². The number of hydrogen-bond donors (Lipinski definition) is 1. The van der Waals surface area contributed by atoms with Crippen molar-refractivity contribution in [3.8, 4) is 5.75 Å². The van der Waals surface area contributed by atoms with Gasteiger partial charge < -0.3 is 14.8 Å². The van der Waals surface area contributed by atoms with Gasteiger partial charge in [0.05, 0.1) is 11.6 Å². The third kappa shape index (κ3) is 4.02. The molecule has 4 nitrogen and oxygen atoms in total. The minimum absolute atomic E-state index is 0.0135. The summed E-state index contributed by atoms with van der Waals surface area (Å²) in [5, 5.41) is 4.93. The number of alkyl halides is 2. The summed E-state index contributed by atoms with van der Waals surface area (Å²) in [4.78, 5) is 11.4. The van der Waals surface area contributed by atoms with Gasteiger partial charge in [-0.05, 0) is 67.1 Å². The first-order valence-corrected chi connectivity index (χ1v) is 10.3. The predicted octanol–water partition coefficient (Wildman–Crippen LogP) is 5.78. The SMILES string of the molecule is CCC(F)(F)C1CCC(Oc2ccc3cc([C@]4(C)COC(=O)N4)ccc3c2)CC1. The van der Waals surface area contributed by atoms with Crippen LogP contribution in [0, 0.1) is 5.92 Å². The molecule has 156 valence electrons. The largest absolute Gasteiger partial charge is 0.490 e. The molecule has 0 aromatic heterocycles. The summed E-state index contributed by atoms with van der Waals surface area (Å²) in [7, 11) is 0. The number of benzene rings is 2. The van der Waals surface area contributed by atoms with Crippen LogP contribution in [0.25, 0.3) is 10.8 Å². The summed E-state index contributed by atoms with van der Waals surface area (Å²) in [5.74, 6) is -2.32. The lowest BCUT2D eigenvalue weighted by molar-refractivity contribution is -0.0819. The smallest absolute Gasteiger partial charge is 0.408 e. The Bertz CT molecular complexity index is 908. The number of fused-ring (bicyclic) bond motifs is 1. The Balaban J connectivity index is 1.44. The molecule has 29 heavy (non-hydrogen) atoms. The van der Waals surface area contributed by atoms with Crippen LogP contribution in [0.3, 0.4) is 0 Å². The van der Waals surface area contributed by atoms with Crippen molar-refractivity contribution in [2.24, 2.45) is 5.92 Å². The second-order valence-electron chi connectivity index (χ2n) is 8.46. The van der Waals surface area contributed by atoms with Gasteiger partial charge in [-0.1, -0.05) is 25.1 Å². The van der Waals surface area contributed by atoms with Crippen LogP contribution >= 0.6 is 0 Å². The fourth-order valence-electron chi connectivity index (χ4n) is 4.39. The third-order valence-electron chi connectivity index (χ3n) is 6.36. The van der Waals surface area contributed by atoms with Gasteiger partial charge in [-0.2, -0.15) is 0 Å². The maximum Gasteiger partial charge on any atom is 0.408 e. The fraction of sp³-hybridized carbons (Fsp3) is 0.522. The van der Waals surface area contributed by atoms with Crippen molar-refractivity contribution in [3.05, 3.63) is 42.0 Å². The molecule has 1 aliphatic heterocycles. The first kappa shape index (κ1) is 19.9. The molecule has 0 bridgehead atoms. The van der Waals surface area contributed by atoms with Crippen LogP contribution < -0.4 is 10.1 Å². The number of alkyl carbamates (subject to hydrolysis) is 1. The molecule has 1 saturated heterocycles. The molecule has 2 aromatic carbocycles. The number of carbonyl (C=O) groups excluding carboxylic acids is 1. The molecular weight excluding hydrogens is 376 g/mol. The maximum atomic E-state index is 13.9. The van der Waals surface area contributed by atoms with Gasteiger partial charge in [0.2, 0.25) is 0 Å². The highest BCUT2D eigenvalue weighted by Gasteiger charge is 2.40. The van der Waals surface area contributed by atoms with Crippen LogP contribution in [-0.2, 0) is 10.3 Å². The summed E-state index contributed by atoms with van der Waals surface area (Å²) in [5.41, 5.74) is 0.458. The summed E-state index contributed by atoms with van der Waals surface area (Å²) >= 11 is 0.